The molecule has 2 amide bonds. The van der Waals surface area contributed by atoms with E-state index in [4.69, 9.17) is 28.3 Å². The maximum absolute atomic E-state index is 13.5. The van der Waals surface area contributed by atoms with Gasteiger partial charge in [-0.3, -0.25) is 0 Å². The Kier molecular flexibility index (Phi) is 6.75. The van der Waals surface area contributed by atoms with Gasteiger partial charge < -0.3 is 5.32 Å². The fraction of sp³-hybridized carbons (Fsp3) is 0.407. The molecule has 2 aliphatic carbocycles. The zero-order valence-electron chi connectivity index (χ0n) is 18.6. The van der Waals surface area contributed by atoms with E-state index >= 15 is 0 Å². The minimum Gasteiger partial charge on any atom is -0.334 e. The van der Waals surface area contributed by atoms with E-state index in [1.165, 1.54) is 24.8 Å². The highest BCUT2D eigenvalue weighted by Crippen LogP contribution is 2.44. The lowest BCUT2D eigenvalue weighted by molar-refractivity contribution is 0.167. The summed E-state index contributed by atoms with van der Waals surface area (Å²) >= 11 is 12.2. The molecule has 0 spiro atoms. The Morgan fingerprint density at radius 2 is 1.58 bits per heavy atom. The Bertz CT molecular complexity index is 1060. The van der Waals surface area contributed by atoms with Gasteiger partial charge in [0.25, 0.3) is 0 Å². The van der Waals surface area contributed by atoms with Crippen molar-refractivity contribution in [3.8, 4) is 0 Å². The predicted octanol–water partition coefficient (Wildman–Crippen LogP) is 7.63. The molecule has 6 heteroatoms. The number of carbonyl (C=O) groups is 1. The van der Waals surface area contributed by atoms with Gasteiger partial charge in [-0.25, -0.2) is 9.80 Å². The van der Waals surface area contributed by atoms with Crippen molar-refractivity contribution in [2.24, 2.45) is 11.0 Å². The third-order valence-corrected chi connectivity index (χ3v) is 7.57. The van der Waals surface area contributed by atoms with Crippen LogP contribution in [0.5, 0.6) is 0 Å². The maximum atomic E-state index is 13.5. The molecular weight excluding hydrogens is 453 g/mol. The minimum atomic E-state index is -0.116. The monoisotopic (exact) mass is 481 g/mol. The van der Waals surface area contributed by atoms with E-state index < -0.39 is 0 Å². The summed E-state index contributed by atoms with van der Waals surface area (Å²) in [5.41, 5.74) is 4.43. The van der Waals surface area contributed by atoms with Crippen molar-refractivity contribution >= 4 is 41.0 Å². The Hall–Kier alpha value is -2.30. The largest absolute Gasteiger partial charge is 0.338 e. The van der Waals surface area contributed by atoms with Crippen LogP contribution in [-0.4, -0.2) is 22.8 Å². The molecule has 2 fully saturated rings. The van der Waals surface area contributed by atoms with Crippen molar-refractivity contribution < 1.29 is 4.79 Å². The summed E-state index contributed by atoms with van der Waals surface area (Å²) in [5.74, 6) is 0.176. The van der Waals surface area contributed by atoms with Gasteiger partial charge in [0.15, 0.2) is 0 Å². The van der Waals surface area contributed by atoms with Crippen LogP contribution in [0.25, 0.3) is 6.08 Å². The Labute approximate surface area is 205 Å². The molecule has 0 unspecified atom stereocenters. The van der Waals surface area contributed by atoms with Crippen LogP contribution in [0.3, 0.4) is 0 Å². The van der Waals surface area contributed by atoms with Crippen LogP contribution in [0.1, 0.15) is 68.5 Å². The Morgan fingerprint density at radius 1 is 0.909 bits per heavy atom. The number of halogens is 2. The molecule has 4 nitrogen and oxygen atoms in total. The molecule has 172 valence electrons. The zero-order valence-corrected chi connectivity index (χ0v) is 20.2. The Balaban J connectivity index is 1.48. The summed E-state index contributed by atoms with van der Waals surface area (Å²) in [6.07, 6.45) is 11.0. The first-order chi connectivity index (χ1) is 16.1. The van der Waals surface area contributed by atoms with Gasteiger partial charge in [0.1, 0.15) is 0 Å². The molecule has 1 heterocycles. The second-order valence-corrected chi connectivity index (χ2v) is 10.2. The third-order valence-electron chi connectivity index (χ3n) is 7.06. The van der Waals surface area contributed by atoms with Crippen LogP contribution in [-0.2, 0) is 0 Å². The highest BCUT2D eigenvalue weighted by atomic mass is 35.5. The number of hydrazone groups is 1. The number of fused-ring (bicyclic) bond motifs is 1. The van der Waals surface area contributed by atoms with Crippen molar-refractivity contribution in [3.05, 3.63) is 75.3 Å². The molecule has 0 aromatic heterocycles. The second kappa shape index (κ2) is 9.90. The van der Waals surface area contributed by atoms with Crippen molar-refractivity contribution in [2.75, 3.05) is 0 Å². The molecule has 2 aromatic rings. The van der Waals surface area contributed by atoms with Gasteiger partial charge in [-0.05, 0) is 79.1 Å². The summed E-state index contributed by atoms with van der Waals surface area (Å²) in [7, 11) is 0. The van der Waals surface area contributed by atoms with Crippen LogP contribution in [0.2, 0.25) is 10.0 Å². The Morgan fingerprint density at radius 3 is 2.27 bits per heavy atom. The molecule has 2 aromatic carbocycles. The van der Waals surface area contributed by atoms with Crippen LogP contribution in [0.15, 0.2) is 59.2 Å². The molecule has 33 heavy (non-hydrogen) atoms. The van der Waals surface area contributed by atoms with E-state index in [9.17, 15) is 4.79 Å². The molecule has 1 N–H and O–H groups in total. The van der Waals surface area contributed by atoms with Crippen LogP contribution >= 0.6 is 23.2 Å². The lowest BCUT2D eigenvalue weighted by Crippen LogP contribution is -2.44. The van der Waals surface area contributed by atoms with Crippen molar-refractivity contribution in [2.45, 2.75) is 63.5 Å². The molecule has 0 radical (unpaired) electrons. The SMILES string of the molecule is O=C(NC1CCCCC1)N1N=C2/C(=C/c3ccc(Cl)cc3)CCC[C@H]2[C@H]1c1ccc(Cl)cc1. The van der Waals surface area contributed by atoms with Gasteiger partial charge in [-0.1, -0.05) is 66.7 Å². The van der Waals surface area contributed by atoms with E-state index in [0.717, 1.165) is 54.0 Å². The number of nitrogens with one attached hydrogen (secondary N) is 1. The average molecular weight is 482 g/mol. The van der Waals surface area contributed by atoms with Gasteiger partial charge in [-0.15, -0.1) is 0 Å². The van der Waals surface area contributed by atoms with Gasteiger partial charge in [0.05, 0.1) is 11.8 Å². The lowest BCUT2D eigenvalue weighted by atomic mass is 9.77. The average Bonchev–Trinajstić information content (AvgIpc) is 3.23. The number of amides is 2. The van der Waals surface area contributed by atoms with E-state index in [2.05, 4.69) is 11.4 Å². The van der Waals surface area contributed by atoms with Gasteiger partial charge in [0.2, 0.25) is 0 Å². The van der Waals surface area contributed by atoms with Gasteiger partial charge in [-0.2, -0.15) is 5.10 Å². The maximum Gasteiger partial charge on any atom is 0.338 e. The number of hydrogen-bond donors (Lipinski definition) is 1. The second-order valence-electron chi connectivity index (χ2n) is 9.33. The van der Waals surface area contributed by atoms with Crippen LogP contribution in [0.4, 0.5) is 4.79 Å². The van der Waals surface area contributed by atoms with E-state index in [1.54, 1.807) is 5.01 Å². The number of benzene rings is 2. The minimum absolute atomic E-state index is 0.0883. The number of carbonyl (C=O) groups excluding carboxylic acids is 1. The molecule has 2 saturated carbocycles. The van der Waals surface area contributed by atoms with Crippen molar-refractivity contribution in [3.63, 3.8) is 0 Å². The smallest absolute Gasteiger partial charge is 0.334 e. The van der Waals surface area contributed by atoms with E-state index in [0.29, 0.717) is 5.02 Å². The molecule has 0 saturated heterocycles. The summed E-state index contributed by atoms with van der Waals surface area (Å²) in [6, 6.07) is 15.8. The fourth-order valence-electron chi connectivity index (χ4n) is 5.41. The van der Waals surface area contributed by atoms with Gasteiger partial charge in [0, 0.05) is 22.0 Å². The first-order valence-electron chi connectivity index (χ1n) is 12.0. The van der Waals surface area contributed by atoms with E-state index in [-0.39, 0.29) is 24.0 Å². The molecule has 3 aliphatic rings. The zero-order chi connectivity index (χ0) is 22.8. The molecule has 0 bridgehead atoms. The highest BCUT2D eigenvalue weighted by molar-refractivity contribution is 6.30. The van der Waals surface area contributed by atoms with Crippen LogP contribution < -0.4 is 5.32 Å². The number of hydrogen-bond acceptors (Lipinski definition) is 2. The van der Waals surface area contributed by atoms with Gasteiger partial charge >= 0.3 is 6.03 Å². The quantitative estimate of drug-likeness (QED) is 0.480. The van der Waals surface area contributed by atoms with E-state index in [1.807, 2.05) is 48.5 Å². The summed E-state index contributed by atoms with van der Waals surface area (Å²) < 4.78 is 0. The topological polar surface area (TPSA) is 44.7 Å². The fourth-order valence-corrected chi connectivity index (χ4v) is 5.66. The first-order valence-corrected chi connectivity index (χ1v) is 12.7. The number of allylic oxidation sites excluding steroid dienone is 1. The molecular formula is C27H29Cl2N3O. The predicted molar refractivity (Wildman–Crippen MR) is 136 cm³/mol. The highest BCUT2D eigenvalue weighted by Gasteiger charge is 2.44. The third kappa shape index (κ3) is 4.97. The van der Waals surface area contributed by atoms with Crippen molar-refractivity contribution in [1.82, 2.24) is 10.3 Å². The number of urea groups is 1. The summed E-state index contributed by atoms with van der Waals surface area (Å²) in [6.45, 7) is 0. The normalized spacial score (nSPS) is 24.5. The summed E-state index contributed by atoms with van der Waals surface area (Å²) in [5, 5.41) is 11.4. The summed E-state index contributed by atoms with van der Waals surface area (Å²) in [4.78, 5) is 13.5. The van der Waals surface area contributed by atoms with Crippen LogP contribution in [0, 0.1) is 5.92 Å². The molecule has 2 atom stereocenters. The number of rotatable bonds is 3. The van der Waals surface area contributed by atoms with Crippen molar-refractivity contribution in [1.29, 1.82) is 0 Å². The standard InChI is InChI=1S/C27H29Cl2N3O/c28-21-13-9-18(10-14-21)17-20-5-4-8-24-25(20)31-32(26(24)19-11-15-22(29)16-12-19)27(33)30-23-6-2-1-3-7-23/h9-17,23-24,26H,1-8H2,(H,30,33)/b20-17+/t24-,26-/m1/s1. The first kappa shape index (κ1) is 22.5. The lowest BCUT2D eigenvalue weighted by Gasteiger charge is -2.31. The number of nitrogens with zero attached hydrogens (tertiary/aromatic N) is 2. The molecule has 1 aliphatic heterocycles. The molecule has 5 rings (SSSR count).